The van der Waals surface area contributed by atoms with Crippen LogP contribution in [-0.2, 0) is 22.6 Å². The molecule has 2 amide bonds. The molecule has 7 nitrogen and oxygen atoms in total. The molecule has 0 bridgehead atoms. The highest BCUT2D eigenvalue weighted by molar-refractivity contribution is 5.91. The second-order valence-corrected chi connectivity index (χ2v) is 6.35. The number of carbonyl (C=O) groups is 3. The maximum absolute atomic E-state index is 12.2. The van der Waals surface area contributed by atoms with Crippen molar-refractivity contribution in [3.63, 3.8) is 0 Å². The van der Waals surface area contributed by atoms with Crippen molar-refractivity contribution in [2.75, 3.05) is 24.5 Å². The van der Waals surface area contributed by atoms with E-state index in [1.807, 2.05) is 29.2 Å². The van der Waals surface area contributed by atoms with Crippen LogP contribution in [0.1, 0.15) is 21.5 Å². The maximum Gasteiger partial charge on any atom is 0.335 e. The van der Waals surface area contributed by atoms with Crippen molar-refractivity contribution < 1.29 is 19.5 Å². The number of piperazine rings is 1. The molecular formula is C20H21N3O4. The van der Waals surface area contributed by atoms with Gasteiger partial charge in [0.25, 0.3) is 0 Å². The van der Waals surface area contributed by atoms with E-state index in [1.54, 1.807) is 18.2 Å². The summed E-state index contributed by atoms with van der Waals surface area (Å²) in [6, 6.07) is 14.2. The number of carboxylic acids is 1. The summed E-state index contributed by atoms with van der Waals surface area (Å²) in [5.41, 5.74) is 2.53. The average molecular weight is 367 g/mol. The molecule has 1 aliphatic heterocycles. The lowest BCUT2D eigenvalue weighted by molar-refractivity contribution is -0.121. The van der Waals surface area contributed by atoms with Crippen LogP contribution in [0.3, 0.4) is 0 Å². The minimum absolute atomic E-state index is 0.0132. The standard InChI is InChI=1S/C20H21N3O4/c24-18(11-15-3-1-2-4-17(15)20(26)27)22-12-14-5-7-16(8-6-14)23-10-9-21-19(25)13-23/h1-8H,9-13H2,(H,21,25)(H,22,24)(H,26,27). The molecule has 1 fully saturated rings. The second-order valence-electron chi connectivity index (χ2n) is 6.35. The maximum atomic E-state index is 12.2. The van der Waals surface area contributed by atoms with Gasteiger partial charge in [0.15, 0.2) is 0 Å². The summed E-state index contributed by atoms with van der Waals surface area (Å²) in [6.45, 7) is 2.10. The van der Waals surface area contributed by atoms with Gasteiger partial charge in [0.2, 0.25) is 11.8 Å². The molecule has 0 atom stereocenters. The zero-order valence-corrected chi connectivity index (χ0v) is 14.8. The van der Waals surface area contributed by atoms with Gasteiger partial charge in [-0.05, 0) is 29.3 Å². The van der Waals surface area contributed by atoms with E-state index < -0.39 is 5.97 Å². The van der Waals surface area contributed by atoms with Crippen LogP contribution in [0, 0.1) is 0 Å². The summed E-state index contributed by atoms with van der Waals surface area (Å²) >= 11 is 0. The van der Waals surface area contributed by atoms with Gasteiger partial charge in [-0.2, -0.15) is 0 Å². The van der Waals surface area contributed by atoms with Crippen LogP contribution >= 0.6 is 0 Å². The Morgan fingerprint density at radius 3 is 2.56 bits per heavy atom. The predicted molar refractivity (Wildman–Crippen MR) is 101 cm³/mol. The van der Waals surface area contributed by atoms with Gasteiger partial charge in [0.1, 0.15) is 0 Å². The lowest BCUT2D eigenvalue weighted by Gasteiger charge is -2.28. The van der Waals surface area contributed by atoms with Crippen LogP contribution in [0.2, 0.25) is 0 Å². The highest BCUT2D eigenvalue weighted by Gasteiger charge is 2.16. The van der Waals surface area contributed by atoms with Crippen molar-refractivity contribution in [3.05, 3.63) is 65.2 Å². The van der Waals surface area contributed by atoms with Gasteiger partial charge < -0.3 is 20.6 Å². The summed E-state index contributed by atoms with van der Waals surface area (Å²) in [7, 11) is 0. The first-order valence-electron chi connectivity index (χ1n) is 8.71. The van der Waals surface area contributed by atoms with Gasteiger partial charge in [0.05, 0.1) is 18.5 Å². The third-order valence-electron chi connectivity index (χ3n) is 4.43. The zero-order valence-electron chi connectivity index (χ0n) is 14.8. The van der Waals surface area contributed by atoms with Gasteiger partial charge in [0, 0.05) is 25.3 Å². The monoisotopic (exact) mass is 367 g/mol. The van der Waals surface area contributed by atoms with Crippen LogP contribution < -0.4 is 15.5 Å². The molecule has 0 spiro atoms. The fourth-order valence-electron chi connectivity index (χ4n) is 3.00. The summed E-state index contributed by atoms with van der Waals surface area (Å²) in [6.07, 6.45) is 0.0173. The van der Waals surface area contributed by atoms with Gasteiger partial charge in [-0.3, -0.25) is 9.59 Å². The van der Waals surface area contributed by atoms with Gasteiger partial charge >= 0.3 is 5.97 Å². The molecule has 0 aromatic heterocycles. The Morgan fingerprint density at radius 2 is 1.85 bits per heavy atom. The van der Waals surface area contributed by atoms with Crippen LogP contribution in [0.5, 0.6) is 0 Å². The molecule has 3 N–H and O–H groups in total. The Balaban J connectivity index is 1.55. The molecule has 140 valence electrons. The Kier molecular flexibility index (Phi) is 5.71. The fourth-order valence-corrected chi connectivity index (χ4v) is 3.00. The predicted octanol–water partition coefficient (Wildman–Crippen LogP) is 1.18. The lowest BCUT2D eigenvalue weighted by atomic mass is 10.0. The summed E-state index contributed by atoms with van der Waals surface area (Å²) in [4.78, 5) is 36.8. The van der Waals surface area contributed by atoms with Crippen molar-refractivity contribution in [1.29, 1.82) is 0 Å². The van der Waals surface area contributed by atoms with Crippen LogP contribution in [-0.4, -0.2) is 42.5 Å². The molecule has 2 aromatic carbocycles. The molecule has 1 aliphatic rings. The normalized spacial score (nSPS) is 13.8. The molecule has 0 aliphatic carbocycles. The first kappa shape index (κ1) is 18.4. The van der Waals surface area contributed by atoms with Crippen molar-refractivity contribution in [2.24, 2.45) is 0 Å². The van der Waals surface area contributed by atoms with E-state index in [2.05, 4.69) is 10.6 Å². The van der Waals surface area contributed by atoms with Crippen molar-refractivity contribution >= 4 is 23.5 Å². The molecular weight excluding hydrogens is 346 g/mol. The molecule has 0 radical (unpaired) electrons. The number of benzene rings is 2. The molecule has 1 heterocycles. The van der Waals surface area contributed by atoms with Crippen LogP contribution in [0.25, 0.3) is 0 Å². The number of hydrogen-bond acceptors (Lipinski definition) is 4. The molecule has 0 unspecified atom stereocenters. The Labute approximate surface area is 157 Å². The van der Waals surface area contributed by atoms with E-state index in [9.17, 15) is 19.5 Å². The molecule has 1 saturated heterocycles. The summed E-state index contributed by atoms with van der Waals surface area (Å²) in [5.74, 6) is -1.26. The Bertz CT molecular complexity index is 849. The quantitative estimate of drug-likeness (QED) is 0.712. The summed E-state index contributed by atoms with van der Waals surface area (Å²) in [5, 5.41) is 14.8. The molecule has 27 heavy (non-hydrogen) atoms. The fraction of sp³-hybridized carbons (Fsp3) is 0.250. The van der Waals surface area contributed by atoms with Crippen LogP contribution in [0.4, 0.5) is 5.69 Å². The van der Waals surface area contributed by atoms with Gasteiger partial charge in [-0.1, -0.05) is 30.3 Å². The highest BCUT2D eigenvalue weighted by atomic mass is 16.4. The smallest absolute Gasteiger partial charge is 0.335 e. The number of anilines is 1. The molecule has 7 heteroatoms. The van der Waals surface area contributed by atoms with E-state index in [1.165, 1.54) is 6.07 Å². The molecule has 2 aromatic rings. The van der Waals surface area contributed by atoms with Gasteiger partial charge in [-0.15, -0.1) is 0 Å². The van der Waals surface area contributed by atoms with E-state index >= 15 is 0 Å². The Morgan fingerprint density at radius 1 is 1.11 bits per heavy atom. The second kappa shape index (κ2) is 8.35. The molecule has 0 saturated carbocycles. The first-order valence-corrected chi connectivity index (χ1v) is 8.71. The van der Waals surface area contributed by atoms with E-state index in [4.69, 9.17) is 0 Å². The van der Waals surface area contributed by atoms with Gasteiger partial charge in [-0.25, -0.2) is 4.79 Å². The first-order chi connectivity index (χ1) is 13.0. The number of aromatic carboxylic acids is 1. The van der Waals surface area contributed by atoms with Crippen molar-refractivity contribution in [3.8, 4) is 0 Å². The van der Waals surface area contributed by atoms with Crippen LogP contribution in [0.15, 0.2) is 48.5 Å². The minimum atomic E-state index is -1.04. The number of hydrogen-bond donors (Lipinski definition) is 3. The minimum Gasteiger partial charge on any atom is -0.478 e. The number of carboxylic acid groups (broad SMARTS) is 1. The van der Waals surface area contributed by atoms with E-state index in [-0.39, 0.29) is 23.8 Å². The lowest BCUT2D eigenvalue weighted by Crippen LogP contribution is -2.47. The number of amides is 2. The zero-order chi connectivity index (χ0) is 19.2. The molecule has 3 rings (SSSR count). The number of rotatable bonds is 6. The SMILES string of the molecule is O=C(Cc1ccccc1C(=O)O)NCc1ccc(N2CCNC(=O)C2)cc1. The number of nitrogens with one attached hydrogen (secondary N) is 2. The average Bonchev–Trinajstić information content (AvgIpc) is 2.67. The number of nitrogens with zero attached hydrogens (tertiary/aromatic N) is 1. The van der Waals surface area contributed by atoms with E-state index in [0.29, 0.717) is 25.2 Å². The topological polar surface area (TPSA) is 98.7 Å². The summed E-state index contributed by atoms with van der Waals surface area (Å²) < 4.78 is 0. The van der Waals surface area contributed by atoms with E-state index in [0.717, 1.165) is 17.8 Å². The Hall–Kier alpha value is -3.35. The van der Waals surface area contributed by atoms with Crippen molar-refractivity contribution in [2.45, 2.75) is 13.0 Å². The highest BCUT2D eigenvalue weighted by Crippen LogP contribution is 2.16. The third-order valence-corrected chi connectivity index (χ3v) is 4.43. The largest absolute Gasteiger partial charge is 0.478 e. The number of carbonyl (C=O) groups excluding carboxylic acids is 2. The third kappa shape index (κ3) is 4.84. The van der Waals surface area contributed by atoms with Crippen molar-refractivity contribution in [1.82, 2.24) is 10.6 Å².